The highest BCUT2D eigenvalue weighted by Crippen LogP contribution is 2.39. The summed E-state index contributed by atoms with van der Waals surface area (Å²) in [7, 11) is 0. The Morgan fingerprint density at radius 2 is 1.92 bits per heavy atom. The van der Waals surface area contributed by atoms with E-state index in [1.54, 1.807) is 6.92 Å². The second kappa shape index (κ2) is 7.02. The molecule has 2 atom stereocenters. The number of carbonyl (C=O) groups is 1. The lowest BCUT2D eigenvalue weighted by molar-refractivity contribution is -0.128. The first-order valence-corrected chi connectivity index (χ1v) is 9.07. The molecule has 0 spiro atoms. The normalized spacial score (nSPS) is 19.0. The molecule has 0 fully saturated rings. The first-order chi connectivity index (χ1) is 12.2. The molecule has 1 aliphatic rings. The summed E-state index contributed by atoms with van der Waals surface area (Å²) >= 11 is 0. The average molecular weight is 353 g/mol. The molecule has 2 aromatic carbocycles. The fourth-order valence-electron chi connectivity index (χ4n) is 3.34. The molecule has 0 aromatic heterocycles. The van der Waals surface area contributed by atoms with Gasteiger partial charge in [0, 0.05) is 12.0 Å². The number of ether oxygens (including phenoxy) is 2. The molecule has 2 aromatic rings. The van der Waals surface area contributed by atoms with Gasteiger partial charge >= 0.3 is 0 Å². The quantitative estimate of drug-likeness (QED) is 0.881. The molecule has 1 amide bonds. The van der Waals surface area contributed by atoms with Crippen LogP contribution in [0.5, 0.6) is 11.5 Å². The number of fused-ring (bicyclic) bond motifs is 1. The van der Waals surface area contributed by atoms with E-state index >= 15 is 0 Å². The van der Waals surface area contributed by atoms with Crippen LogP contribution in [0.2, 0.25) is 0 Å². The summed E-state index contributed by atoms with van der Waals surface area (Å²) in [6.07, 6.45) is 0.142. The van der Waals surface area contributed by atoms with Gasteiger partial charge in [0.2, 0.25) is 0 Å². The molecule has 138 valence electrons. The van der Waals surface area contributed by atoms with Gasteiger partial charge in [0.1, 0.15) is 17.1 Å². The Kier molecular flexibility index (Phi) is 4.94. The van der Waals surface area contributed by atoms with E-state index in [9.17, 15) is 4.79 Å². The van der Waals surface area contributed by atoms with Gasteiger partial charge in [0.25, 0.3) is 5.91 Å². The number of carbonyl (C=O) groups excluding carboxylic acids is 1. The van der Waals surface area contributed by atoms with Crippen molar-refractivity contribution in [1.82, 2.24) is 5.32 Å². The lowest BCUT2D eigenvalue weighted by Gasteiger charge is -2.38. The molecule has 4 nitrogen and oxygen atoms in total. The summed E-state index contributed by atoms with van der Waals surface area (Å²) in [6, 6.07) is 13.7. The van der Waals surface area contributed by atoms with Crippen molar-refractivity contribution in [2.45, 2.75) is 58.8 Å². The Morgan fingerprint density at radius 1 is 1.19 bits per heavy atom. The van der Waals surface area contributed by atoms with E-state index in [0.717, 1.165) is 22.4 Å². The molecule has 0 saturated heterocycles. The summed E-state index contributed by atoms with van der Waals surface area (Å²) in [5, 5.41) is 3.15. The van der Waals surface area contributed by atoms with Crippen molar-refractivity contribution in [1.29, 1.82) is 0 Å². The van der Waals surface area contributed by atoms with Crippen molar-refractivity contribution < 1.29 is 14.3 Å². The number of amides is 1. The van der Waals surface area contributed by atoms with Crippen molar-refractivity contribution >= 4 is 5.91 Å². The first kappa shape index (κ1) is 18.3. The lowest BCUT2D eigenvalue weighted by atomic mass is 9.89. The topological polar surface area (TPSA) is 47.6 Å². The average Bonchev–Trinajstić information content (AvgIpc) is 2.54. The van der Waals surface area contributed by atoms with Crippen molar-refractivity contribution in [3.8, 4) is 11.5 Å². The third-order valence-electron chi connectivity index (χ3n) is 4.61. The minimum absolute atomic E-state index is 0.0929. The van der Waals surface area contributed by atoms with E-state index in [4.69, 9.17) is 9.47 Å². The second-order valence-corrected chi connectivity index (χ2v) is 7.74. The van der Waals surface area contributed by atoms with Crippen LogP contribution >= 0.6 is 0 Å². The van der Waals surface area contributed by atoms with Crippen molar-refractivity contribution in [3.05, 3.63) is 59.2 Å². The molecular weight excluding hydrogens is 326 g/mol. The minimum atomic E-state index is -0.573. The van der Waals surface area contributed by atoms with Crippen LogP contribution in [0.4, 0.5) is 0 Å². The van der Waals surface area contributed by atoms with Gasteiger partial charge in [-0.05, 0) is 58.4 Å². The first-order valence-electron chi connectivity index (χ1n) is 9.07. The van der Waals surface area contributed by atoms with Crippen LogP contribution in [0.25, 0.3) is 0 Å². The lowest BCUT2D eigenvalue weighted by Crippen LogP contribution is -2.44. The molecule has 0 radical (unpaired) electrons. The number of hydrogen-bond acceptors (Lipinski definition) is 3. The molecule has 4 heteroatoms. The zero-order chi connectivity index (χ0) is 18.9. The zero-order valence-corrected chi connectivity index (χ0v) is 16.1. The monoisotopic (exact) mass is 353 g/mol. The SMILES string of the molecule is Cc1cccc(O[C@H](C)C(=O)N[C@H]2CC(C)(C)Oc3ccc(C)cc32)c1. The Hall–Kier alpha value is -2.49. The molecular formula is C22H27NO3. The van der Waals surface area contributed by atoms with E-state index < -0.39 is 6.10 Å². The van der Waals surface area contributed by atoms with Gasteiger partial charge in [-0.1, -0.05) is 29.8 Å². The molecule has 0 saturated carbocycles. The predicted octanol–water partition coefficient (Wildman–Crippen LogP) is 4.49. The number of rotatable bonds is 4. The third kappa shape index (κ3) is 4.18. The fourth-order valence-corrected chi connectivity index (χ4v) is 3.34. The summed E-state index contributed by atoms with van der Waals surface area (Å²) in [4.78, 5) is 12.7. The van der Waals surface area contributed by atoms with Crippen LogP contribution in [-0.4, -0.2) is 17.6 Å². The zero-order valence-electron chi connectivity index (χ0n) is 16.1. The Morgan fingerprint density at radius 3 is 2.65 bits per heavy atom. The standard InChI is InChI=1S/C22H27NO3/c1-14-7-6-8-17(11-14)25-16(3)21(24)23-19-13-22(4,5)26-20-10-9-15(2)12-18(19)20/h6-12,16,19H,13H2,1-5H3,(H,23,24)/t16-,19+/m1/s1. The Bertz CT molecular complexity index is 813. The Labute approximate surface area is 155 Å². The number of hydrogen-bond donors (Lipinski definition) is 1. The van der Waals surface area contributed by atoms with E-state index in [1.165, 1.54) is 0 Å². The summed E-state index contributed by atoms with van der Waals surface area (Å²) in [6.45, 7) is 9.91. The van der Waals surface area contributed by atoms with Crippen molar-refractivity contribution in [3.63, 3.8) is 0 Å². The Balaban J connectivity index is 1.75. The third-order valence-corrected chi connectivity index (χ3v) is 4.61. The van der Waals surface area contributed by atoms with Gasteiger partial charge in [-0.15, -0.1) is 0 Å². The van der Waals surface area contributed by atoms with Crippen molar-refractivity contribution in [2.24, 2.45) is 0 Å². The van der Waals surface area contributed by atoms with E-state index in [1.807, 2.05) is 64.1 Å². The molecule has 0 aliphatic carbocycles. The van der Waals surface area contributed by atoms with Crippen LogP contribution < -0.4 is 14.8 Å². The molecule has 1 aliphatic heterocycles. The highest BCUT2D eigenvalue weighted by Gasteiger charge is 2.35. The van der Waals surface area contributed by atoms with Gasteiger partial charge < -0.3 is 14.8 Å². The van der Waals surface area contributed by atoms with Crippen LogP contribution in [0.3, 0.4) is 0 Å². The van der Waals surface area contributed by atoms with Crippen LogP contribution in [0.1, 0.15) is 49.9 Å². The second-order valence-electron chi connectivity index (χ2n) is 7.74. The summed E-state index contributed by atoms with van der Waals surface area (Å²) in [5.41, 5.74) is 2.95. The molecule has 3 rings (SSSR count). The number of aryl methyl sites for hydroxylation is 2. The van der Waals surface area contributed by atoms with E-state index in [-0.39, 0.29) is 17.6 Å². The number of benzene rings is 2. The minimum Gasteiger partial charge on any atom is -0.487 e. The predicted molar refractivity (Wildman–Crippen MR) is 103 cm³/mol. The van der Waals surface area contributed by atoms with Gasteiger partial charge in [-0.3, -0.25) is 4.79 Å². The van der Waals surface area contributed by atoms with Crippen molar-refractivity contribution in [2.75, 3.05) is 0 Å². The molecule has 0 bridgehead atoms. The van der Waals surface area contributed by atoms with Crippen LogP contribution in [0, 0.1) is 13.8 Å². The number of nitrogens with one attached hydrogen (secondary N) is 1. The molecule has 0 unspecified atom stereocenters. The summed E-state index contributed by atoms with van der Waals surface area (Å²) < 4.78 is 11.9. The van der Waals surface area contributed by atoms with E-state index in [0.29, 0.717) is 12.2 Å². The largest absolute Gasteiger partial charge is 0.487 e. The van der Waals surface area contributed by atoms with E-state index in [2.05, 4.69) is 11.4 Å². The smallest absolute Gasteiger partial charge is 0.261 e. The van der Waals surface area contributed by atoms with Gasteiger partial charge in [-0.25, -0.2) is 0 Å². The summed E-state index contributed by atoms with van der Waals surface area (Å²) in [5.74, 6) is 1.42. The highest BCUT2D eigenvalue weighted by atomic mass is 16.5. The van der Waals surface area contributed by atoms with Gasteiger partial charge in [-0.2, -0.15) is 0 Å². The highest BCUT2D eigenvalue weighted by molar-refractivity contribution is 5.81. The molecule has 26 heavy (non-hydrogen) atoms. The van der Waals surface area contributed by atoms with Crippen LogP contribution in [0.15, 0.2) is 42.5 Å². The maximum absolute atomic E-state index is 12.7. The molecule has 1 heterocycles. The van der Waals surface area contributed by atoms with Crippen LogP contribution in [-0.2, 0) is 4.79 Å². The molecule has 1 N–H and O–H groups in total. The maximum atomic E-state index is 12.7. The van der Waals surface area contributed by atoms with Gasteiger partial charge in [0.15, 0.2) is 6.10 Å². The fraction of sp³-hybridized carbons (Fsp3) is 0.409. The van der Waals surface area contributed by atoms with Gasteiger partial charge in [0.05, 0.1) is 6.04 Å². The maximum Gasteiger partial charge on any atom is 0.261 e.